The summed E-state index contributed by atoms with van der Waals surface area (Å²) >= 11 is 0. The standard InChI is InChI=1S/C20H26N2O2/c23-20(10-13-22-14-11-21-12-15-22)18-6-8-19(9-7-18)24-16-17-4-2-1-3-5-17/h1-9,20-21,23H,10-16H2. The van der Waals surface area contributed by atoms with Crippen LogP contribution in [0.3, 0.4) is 0 Å². The zero-order chi connectivity index (χ0) is 16.6. The second-order valence-corrected chi connectivity index (χ2v) is 6.24. The Balaban J connectivity index is 1.46. The molecule has 4 nitrogen and oxygen atoms in total. The Morgan fingerprint density at radius 3 is 2.42 bits per heavy atom. The van der Waals surface area contributed by atoms with Crippen molar-refractivity contribution in [1.82, 2.24) is 10.2 Å². The van der Waals surface area contributed by atoms with Crippen molar-refractivity contribution in [2.45, 2.75) is 19.1 Å². The van der Waals surface area contributed by atoms with E-state index in [2.05, 4.69) is 10.2 Å². The van der Waals surface area contributed by atoms with E-state index in [1.165, 1.54) is 0 Å². The largest absolute Gasteiger partial charge is 0.489 e. The zero-order valence-electron chi connectivity index (χ0n) is 14.0. The summed E-state index contributed by atoms with van der Waals surface area (Å²) in [5, 5.41) is 13.7. The Bertz CT molecular complexity index is 595. The van der Waals surface area contributed by atoms with Gasteiger partial charge in [-0.25, -0.2) is 0 Å². The molecule has 1 aliphatic rings. The Hall–Kier alpha value is -1.88. The third-order valence-electron chi connectivity index (χ3n) is 4.44. The number of rotatable bonds is 7. The van der Waals surface area contributed by atoms with Crippen molar-refractivity contribution in [2.24, 2.45) is 0 Å². The fraction of sp³-hybridized carbons (Fsp3) is 0.400. The number of benzene rings is 2. The molecule has 1 fully saturated rings. The lowest BCUT2D eigenvalue weighted by atomic mass is 10.1. The minimum atomic E-state index is -0.414. The fourth-order valence-electron chi connectivity index (χ4n) is 2.93. The number of nitrogens with one attached hydrogen (secondary N) is 1. The summed E-state index contributed by atoms with van der Waals surface area (Å²) in [5.41, 5.74) is 2.11. The quantitative estimate of drug-likeness (QED) is 0.821. The molecule has 0 aromatic heterocycles. The molecule has 3 rings (SSSR count). The van der Waals surface area contributed by atoms with Gasteiger partial charge in [0.25, 0.3) is 0 Å². The fourth-order valence-corrected chi connectivity index (χ4v) is 2.93. The first-order chi connectivity index (χ1) is 11.8. The van der Waals surface area contributed by atoms with E-state index in [0.717, 1.165) is 56.0 Å². The Morgan fingerprint density at radius 2 is 1.71 bits per heavy atom. The normalized spacial score (nSPS) is 16.7. The Labute approximate surface area is 144 Å². The van der Waals surface area contributed by atoms with E-state index in [1.807, 2.05) is 54.6 Å². The van der Waals surface area contributed by atoms with Crippen LogP contribution in [0, 0.1) is 0 Å². The smallest absolute Gasteiger partial charge is 0.119 e. The van der Waals surface area contributed by atoms with Crippen LogP contribution in [0.2, 0.25) is 0 Å². The van der Waals surface area contributed by atoms with Gasteiger partial charge in [0, 0.05) is 32.7 Å². The summed E-state index contributed by atoms with van der Waals surface area (Å²) in [7, 11) is 0. The maximum Gasteiger partial charge on any atom is 0.119 e. The molecule has 0 spiro atoms. The molecule has 1 atom stereocenters. The van der Waals surface area contributed by atoms with Gasteiger partial charge in [-0.15, -0.1) is 0 Å². The van der Waals surface area contributed by atoms with Crippen LogP contribution in [0.1, 0.15) is 23.7 Å². The lowest BCUT2D eigenvalue weighted by Gasteiger charge is -2.28. The number of ether oxygens (including phenoxy) is 1. The first-order valence-corrected chi connectivity index (χ1v) is 8.69. The third-order valence-corrected chi connectivity index (χ3v) is 4.44. The maximum atomic E-state index is 10.4. The Kier molecular flexibility index (Phi) is 6.24. The second kappa shape index (κ2) is 8.83. The number of hydrogen-bond donors (Lipinski definition) is 2. The third kappa shape index (κ3) is 5.06. The van der Waals surface area contributed by atoms with Crippen LogP contribution >= 0.6 is 0 Å². The minimum absolute atomic E-state index is 0.414. The number of nitrogens with zero attached hydrogens (tertiary/aromatic N) is 1. The van der Waals surface area contributed by atoms with Gasteiger partial charge in [-0.3, -0.25) is 0 Å². The van der Waals surface area contributed by atoms with Crippen molar-refractivity contribution in [2.75, 3.05) is 32.7 Å². The van der Waals surface area contributed by atoms with Crippen LogP contribution in [-0.2, 0) is 6.61 Å². The highest BCUT2D eigenvalue weighted by atomic mass is 16.5. The van der Waals surface area contributed by atoms with Gasteiger partial charge in [-0.05, 0) is 29.7 Å². The van der Waals surface area contributed by atoms with Gasteiger partial charge in [-0.1, -0.05) is 42.5 Å². The van der Waals surface area contributed by atoms with E-state index in [-0.39, 0.29) is 0 Å². The van der Waals surface area contributed by atoms with Gasteiger partial charge < -0.3 is 20.1 Å². The molecular formula is C20H26N2O2. The molecule has 1 saturated heterocycles. The van der Waals surface area contributed by atoms with E-state index < -0.39 is 6.10 Å². The number of hydrogen-bond acceptors (Lipinski definition) is 4. The zero-order valence-corrected chi connectivity index (χ0v) is 14.0. The van der Waals surface area contributed by atoms with Crippen molar-refractivity contribution < 1.29 is 9.84 Å². The summed E-state index contributed by atoms with van der Waals surface area (Å²) in [5.74, 6) is 0.830. The van der Waals surface area contributed by atoms with Crippen molar-refractivity contribution in [1.29, 1.82) is 0 Å². The summed E-state index contributed by atoms with van der Waals surface area (Å²) in [6.45, 7) is 5.73. The molecule has 0 radical (unpaired) electrons. The molecule has 0 amide bonds. The van der Waals surface area contributed by atoms with Crippen molar-refractivity contribution in [3.63, 3.8) is 0 Å². The highest BCUT2D eigenvalue weighted by Gasteiger charge is 2.13. The molecule has 2 aromatic carbocycles. The predicted molar refractivity (Wildman–Crippen MR) is 96.1 cm³/mol. The summed E-state index contributed by atoms with van der Waals surface area (Å²) in [6.07, 6.45) is 0.354. The van der Waals surface area contributed by atoms with Gasteiger partial charge in [0.05, 0.1) is 6.10 Å². The van der Waals surface area contributed by atoms with Crippen molar-refractivity contribution in [3.8, 4) is 5.75 Å². The number of piperazine rings is 1. The van der Waals surface area contributed by atoms with Crippen molar-refractivity contribution >= 4 is 0 Å². The highest BCUT2D eigenvalue weighted by molar-refractivity contribution is 5.29. The monoisotopic (exact) mass is 326 g/mol. The van der Waals surface area contributed by atoms with Crippen LogP contribution < -0.4 is 10.1 Å². The number of aliphatic hydroxyl groups is 1. The van der Waals surface area contributed by atoms with E-state index >= 15 is 0 Å². The van der Waals surface area contributed by atoms with E-state index in [4.69, 9.17) is 4.74 Å². The molecule has 24 heavy (non-hydrogen) atoms. The molecule has 1 heterocycles. The molecular weight excluding hydrogens is 300 g/mol. The second-order valence-electron chi connectivity index (χ2n) is 6.24. The first-order valence-electron chi connectivity index (χ1n) is 8.69. The van der Waals surface area contributed by atoms with E-state index in [1.54, 1.807) is 0 Å². The maximum absolute atomic E-state index is 10.4. The average molecular weight is 326 g/mol. The molecule has 2 aromatic rings. The topological polar surface area (TPSA) is 44.7 Å². The van der Waals surface area contributed by atoms with Gasteiger partial charge in [0.1, 0.15) is 12.4 Å². The lowest BCUT2D eigenvalue weighted by molar-refractivity contribution is 0.136. The van der Waals surface area contributed by atoms with Crippen LogP contribution in [0.5, 0.6) is 5.75 Å². The van der Waals surface area contributed by atoms with Crippen LogP contribution in [0.15, 0.2) is 54.6 Å². The van der Waals surface area contributed by atoms with Crippen LogP contribution in [-0.4, -0.2) is 42.7 Å². The predicted octanol–water partition coefficient (Wildman–Crippen LogP) is 2.59. The molecule has 0 aliphatic carbocycles. The van der Waals surface area contributed by atoms with Gasteiger partial charge in [0.15, 0.2) is 0 Å². The molecule has 128 valence electrons. The molecule has 1 unspecified atom stereocenters. The molecule has 1 aliphatic heterocycles. The SMILES string of the molecule is OC(CCN1CCNCC1)c1ccc(OCc2ccccc2)cc1. The number of aliphatic hydroxyl groups excluding tert-OH is 1. The van der Waals surface area contributed by atoms with Gasteiger partial charge >= 0.3 is 0 Å². The summed E-state index contributed by atoms with van der Waals surface area (Å²) < 4.78 is 5.79. The molecule has 2 N–H and O–H groups in total. The molecule has 0 saturated carbocycles. The van der Waals surface area contributed by atoms with Crippen LogP contribution in [0.4, 0.5) is 0 Å². The van der Waals surface area contributed by atoms with Gasteiger partial charge in [0.2, 0.25) is 0 Å². The summed E-state index contributed by atoms with van der Waals surface area (Å²) in [6, 6.07) is 17.9. The van der Waals surface area contributed by atoms with Gasteiger partial charge in [-0.2, -0.15) is 0 Å². The highest BCUT2D eigenvalue weighted by Crippen LogP contribution is 2.21. The van der Waals surface area contributed by atoms with E-state index in [0.29, 0.717) is 6.61 Å². The Morgan fingerprint density at radius 1 is 1.00 bits per heavy atom. The first kappa shape index (κ1) is 17.0. The minimum Gasteiger partial charge on any atom is -0.489 e. The van der Waals surface area contributed by atoms with E-state index in [9.17, 15) is 5.11 Å². The van der Waals surface area contributed by atoms with Crippen LogP contribution in [0.25, 0.3) is 0 Å². The molecule has 4 heteroatoms. The molecule has 0 bridgehead atoms. The average Bonchev–Trinajstić information content (AvgIpc) is 2.66. The van der Waals surface area contributed by atoms with Crippen molar-refractivity contribution in [3.05, 3.63) is 65.7 Å². The summed E-state index contributed by atoms with van der Waals surface area (Å²) in [4.78, 5) is 2.40. The lowest BCUT2D eigenvalue weighted by Crippen LogP contribution is -2.44.